The first-order valence-corrected chi connectivity index (χ1v) is 9.21. The molecule has 1 atom stereocenters. The maximum Gasteiger partial charge on any atom is 0.309 e. The lowest BCUT2D eigenvalue weighted by Gasteiger charge is -2.45. The van der Waals surface area contributed by atoms with E-state index in [9.17, 15) is 14.7 Å². The second-order valence-corrected chi connectivity index (χ2v) is 7.44. The number of aromatic nitrogens is 1. The van der Waals surface area contributed by atoms with Gasteiger partial charge in [-0.15, -0.1) is 0 Å². The second-order valence-electron chi connectivity index (χ2n) is 7.44. The number of carbonyl (C=O) groups excluding carboxylic acids is 1. The van der Waals surface area contributed by atoms with Gasteiger partial charge in [0.05, 0.1) is 17.2 Å². The van der Waals surface area contributed by atoms with E-state index in [2.05, 4.69) is 9.88 Å². The summed E-state index contributed by atoms with van der Waals surface area (Å²) in [5.74, 6) is -0.954. The predicted octanol–water partition coefficient (Wildman–Crippen LogP) is 2.24. The van der Waals surface area contributed by atoms with E-state index in [0.717, 1.165) is 24.3 Å². The van der Waals surface area contributed by atoms with E-state index in [1.54, 1.807) is 18.2 Å². The molecule has 7 heteroatoms. The predicted molar refractivity (Wildman–Crippen MR) is 97.7 cm³/mol. The standard InChI is InChI=1S/C20H23N3O4/c1-22-17(24)11-16(19(25)26)20(22)7-9-23(10-8-20)12-15-13-27-18(21-15)14-5-3-2-4-6-14/h2-6,13,16H,7-12H2,1H3,(H,25,26)/t16-/m1/s1. The molecule has 2 fully saturated rings. The highest BCUT2D eigenvalue weighted by molar-refractivity contribution is 5.88. The Bertz CT molecular complexity index is 840. The average molecular weight is 369 g/mol. The second kappa shape index (κ2) is 6.81. The number of carboxylic acid groups (broad SMARTS) is 1. The van der Waals surface area contributed by atoms with Crippen LogP contribution in [0.5, 0.6) is 0 Å². The Hall–Kier alpha value is -2.67. The first-order valence-electron chi connectivity index (χ1n) is 9.21. The van der Waals surface area contributed by atoms with Gasteiger partial charge in [0.1, 0.15) is 6.26 Å². The summed E-state index contributed by atoms with van der Waals surface area (Å²) in [4.78, 5) is 32.2. The van der Waals surface area contributed by atoms with Gasteiger partial charge < -0.3 is 14.4 Å². The Balaban J connectivity index is 1.42. The summed E-state index contributed by atoms with van der Waals surface area (Å²) in [6, 6.07) is 9.76. The minimum Gasteiger partial charge on any atom is -0.481 e. The van der Waals surface area contributed by atoms with Crippen molar-refractivity contribution in [3.05, 3.63) is 42.3 Å². The van der Waals surface area contributed by atoms with Crippen molar-refractivity contribution in [2.45, 2.75) is 31.3 Å². The van der Waals surface area contributed by atoms with E-state index in [-0.39, 0.29) is 12.3 Å². The highest BCUT2D eigenvalue weighted by Crippen LogP contribution is 2.43. The number of piperidine rings is 1. The van der Waals surface area contributed by atoms with E-state index in [1.807, 2.05) is 30.3 Å². The number of benzene rings is 1. The van der Waals surface area contributed by atoms with Gasteiger partial charge in [0.25, 0.3) is 0 Å². The van der Waals surface area contributed by atoms with Crippen LogP contribution in [0, 0.1) is 5.92 Å². The molecule has 0 bridgehead atoms. The maximum absolute atomic E-state index is 12.1. The number of amides is 1. The summed E-state index contributed by atoms with van der Waals surface area (Å²) in [5, 5.41) is 9.56. The van der Waals surface area contributed by atoms with Gasteiger partial charge in [0.2, 0.25) is 11.8 Å². The number of hydrogen-bond acceptors (Lipinski definition) is 5. The van der Waals surface area contributed by atoms with Crippen molar-refractivity contribution in [1.82, 2.24) is 14.8 Å². The molecule has 142 valence electrons. The van der Waals surface area contributed by atoms with E-state index in [4.69, 9.17) is 4.42 Å². The monoisotopic (exact) mass is 369 g/mol. The number of likely N-dealkylation sites (tertiary alicyclic amines) is 2. The fourth-order valence-corrected chi connectivity index (χ4v) is 4.41. The molecule has 1 N–H and O–H groups in total. The fourth-order valence-electron chi connectivity index (χ4n) is 4.41. The molecule has 2 aromatic rings. The van der Waals surface area contributed by atoms with Crippen LogP contribution in [0.15, 0.2) is 41.0 Å². The van der Waals surface area contributed by atoms with E-state index < -0.39 is 17.4 Å². The molecule has 1 spiro atoms. The van der Waals surface area contributed by atoms with Crippen LogP contribution < -0.4 is 0 Å². The van der Waals surface area contributed by atoms with Gasteiger partial charge >= 0.3 is 5.97 Å². The molecule has 2 saturated heterocycles. The molecule has 1 amide bonds. The molecule has 3 heterocycles. The molecule has 2 aliphatic heterocycles. The minimum atomic E-state index is -0.870. The van der Waals surface area contributed by atoms with Crippen molar-refractivity contribution in [2.24, 2.45) is 5.92 Å². The average Bonchev–Trinajstić information content (AvgIpc) is 3.23. The highest BCUT2D eigenvalue weighted by Gasteiger charge is 2.55. The summed E-state index contributed by atoms with van der Waals surface area (Å²) < 4.78 is 5.60. The zero-order valence-electron chi connectivity index (χ0n) is 15.3. The van der Waals surface area contributed by atoms with Crippen LogP contribution in [-0.4, -0.2) is 57.4 Å². The summed E-state index contributed by atoms with van der Waals surface area (Å²) in [6.45, 7) is 2.12. The normalized spacial score (nSPS) is 22.5. The number of hydrogen-bond donors (Lipinski definition) is 1. The van der Waals surface area contributed by atoms with Crippen LogP contribution in [0.1, 0.15) is 25.0 Å². The summed E-state index contributed by atoms with van der Waals surface area (Å²) in [5.41, 5.74) is 1.24. The Morgan fingerprint density at radius 2 is 2.00 bits per heavy atom. The molecule has 1 aromatic heterocycles. The first kappa shape index (κ1) is 17.7. The molecule has 2 aliphatic rings. The highest BCUT2D eigenvalue weighted by atomic mass is 16.4. The number of carbonyl (C=O) groups is 2. The molecule has 1 aromatic carbocycles. The lowest BCUT2D eigenvalue weighted by atomic mass is 9.77. The van der Waals surface area contributed by atoms with Gasteiger partial charge in [-0.05, 0) is 25.0 Å². The molecule has 27 heavy (non-hydrogen) atoms. The van der Waals surface area contributed by atoms with Gasteiger partial charge in [-0.1, -0.05) is 18.2 Å². The molecule has 0 unspecified atom stereocenters. The SMILES string of the molecule is CN1C(=O)C[C@H](C(=O)O)C12CCN(Cc1coc(-c3ccccc3)n1)CC2. The molecule has 0 saturated carbocycles. The number of carboxylic acids is 1. The summed E-state index contributed by atoms with van der Waals surface area (Å²) in [6.07, 6.45) is 3.11. The molecule has 7 nitrogen and oxygen atoms in total. The van der Waals surface area contributed by atoms with Crippen LogP contribution in [0.2, 0.25) is 0 Å². The summed E-state index contributed by atoms with van der Waals surface area (Å²) in [7, 11) is 1.74. The van der Waals surface area contributed by atoms with Gasteiger partial charge in [-0.2, -0.15) is 0 Å². The van der Waals surface area contributed by atoms with E-state index >= 15 is 0 Å². The van der Waals surface area contributed by atoms with Crippen LogP contribution in [0.25, 0.3) is 11.5 Å². The zero-order chi connectivity index (χ0) is 19.0. The molecular formula is C20H23N3O4. The zero-order valence-corrected chi connectivity index (χ0v) is 15.3. The third-order valence-electron chi connectivity index (χ3n) is 6.05. The summed E-state index contributed by atoms with van der Waals surface area (Å²) >= 11 is 0. The Morgan fingerprint density at radius 1 is 1.30 bits per heavy atom. The lowest BCUT2D eigenvalue weighted by Crippen LogP contribution is -2.55. The number of rotatable bonds is 4. The van der Waals surface area contributed by atoms with Crippen molar-refractivity contribution >= 4 is 11.9 Å². The van der Waals surface area contributed by atoms with E-state index in [0.29, 0.717) is 25.3 Å². The van der Waals surface area contributed by atoms with Gasteiger partial charge in [-0.3, -0.25) is 14.5 Å². The van der Waals surface area contributed by atoms with Crippen LogP contribution in [0.4, 0.5) is 0 Å². The number of aliphatic carboxylic acids is 1. The molecular weight excluding hydrogens is 346 g/mol. The van der Waals surface area contributed by atoms with Crippen LogP contribution >= 0.6 is 0 Å². The minimum absolute atomic E-state index is 0.0696. The van der Waals surface area contributed by atoms with Gasteiger partial charge in [0.15, 0.2) is 0 Å². The number of oxazole rings is 1. The van der Waals surface area contributed by atoms with Crippen molar-refractivity contribution in [3.63, 3.8) is 0 Å². The fraction of sp³-hybridized carbons (Fsp3) is 0.450. The van der Waals surface area contributed by atoms with E-state index in [1.165, 1.54) is 0 Å². The largest absolute Gasteiger partial charge is 0.481 e. The first-order chi connectivity index (χ1) is 13.0. The Labute approximate surface area is 157 Å². The maximum atomic E-state index is 12.1. The number of nitrogens with zero attached hydrogens (tertiary/aromatic N) is 3. The molecule has 0 radical (unpaired) electrons. The third-order valence-corrected chi connectivity index (χ3v) is 6.05. The topological polar surface area (TPSA) is 86.9 Å². The Kier molecular flexibility index (Phi) is 4.47. The van der Waals surface area contributed by atoms with Crippen LogP contribution in [0.3, 0.4) is 0 Å². The van der Waals surface area contributed by atoms with Gasteiger partial charge in [-0.25, -0.2) is 4.98 Å². The van der Waals surface area contributed by atoms with Crippen molar-refractivity contribution in [3.8, 4) is 11.5 Å². The van der Waals surface area contributed by atoms with Crippen molar-refractivity contribution < 1.29 is 19.1 Å². The third kappa shape index (κ3) is 3.12. The van der Waals surface area contributed by atoms with Crippen molar-refractivity contribution in [1.29, 1.82) is 0 Å². The van der Waals surface area contributed by atoms with Crippen LogP contribution in [-0.2, 0) is 16.1 Å². The quantitative estimate of drug-likeness (QED) is 0.889. The Morgan fingerprint density at radius 3 is 2.67 bits per heavy atom. The molecule has 0 aliphatic carbocycles. The smallest absolute Gasteiger partial charge is 0.309 e. The van der Waals surface area contributed by atoms with Crippen molar-refractivity contribution in [2.75, 3.05) is 20.1 Å². The van der Waals surface area contributed by atoms with Gasteiger partial charge in [0, 0.05) is 38.7 Å². The lowest BCUT2D eigenvalue weighted by molar-refractivity contribution is -0.146. The molecule has 4 rings (SSSR count).